The van der Waals surface area contributed by atoms with E-state index < -0.39 is 9.85 Å². The van der Waals surface area contributed by atoms with E-state index in [0.29, 0.717) is 54.7 Å². The molecule has 0 spiro atoms. The van der Waals surface area contributed by atoms with Gasteiger partial charge in [0, 0.05) is 56.3 Å². The third-order valence-corrected chi connectivity index (χ3v) is 5.51. The summed E-state index contributed by atoms with van der Waals surface area (Å²) in [6, 6.07) is 9.22. The Kier molecular flexibility index (Phi) is 7.03. The second-order valence-corrected chi connectivity index (χ2v) is 7.66. The molecule has 1 aliphatic heterocycles. The Bertz CT molecular complexity index is 1010. The van der Waals surface area contributed by atoms with Crippen LogP contribution in [0.4, 0.5) is 22.7 Å². The predicted molar refractivity (Wildman–Crippen MR) is 118 cm³/mol. The zero-order valence-corrected chi connectivity index (χ0v) is 17.7. The number of nitrogens with zero attached hydrogens (tertiary/aromatic N) is 4. The first-order valence-electron chi connectivity index (χ1n) is 9.71. The van der Waals surface area contributed by atoms with Gasteiger partial charge >= 0.3 is 0 Å². The predicted octanol–water partition coefficient (Wildman–Crippen LogP) is 3.62. The zero-order chi connectivity index (χ0) is 22.5. The summed E-state index contributed by atoms with van der Waals surface area (Å²) in [6.07, 6.45) is 0.239. The van der Waals surface area contributed by atoms with E-state index in [9.17, 15) is 25.0 Å². The van der Waals surface area contributed by atoms with Crippen molar-refractivity contribution in [3.05, 3.63) is 67.2 Å². The monoisotopic (exact) mass is 447 g/mol. The van der Waals surface area contributed by atoms with Gasteiger partial charge in [-0.05, 0) is 25.1 Å². The van der Waals surface area contributed by atoms with E-state index in [1.54, 1.807) is 25.1 Å². The molecule has 1 saturated heterocycles. The van der Waals surface area contributed by atoms with Gasteiger partial charge in [-0.15, -0.1) is 0 Å². The van der Waals surface area contributed by atoms with E-state index in [0.717, 1.165) is 0 Å². The number of nitrogens with one attached hydrogen (secondary N) is 1. The van der Waals surface area contributed by atoms with E-state index in [1.165, 1.54) is 18.2 Å². The van der Waals surface area contributed by atoms with Crippen LogP contribution in [0, 0.1) is 27.2 Å². The normalized spacial score (nSPS) is 14.3. The van der Waals surface area contributed by atoms with E-state index >= 15 is 0 Å². The van der Waals surface area contributed by atoms with Crippen molar-refractivity contribution in [3.63, 3.8) is 0 Å². The van der Waals surface area contributed by atoms with E-state index in [2.05, 4.69) is 10.2 Å². The first-order chi connectivity index (χ1) is 14.8. The second-order valence-electron chi connectivity index (χ2n) is 7.22. The summed E-state index contributed by atoms with van der Waals surface area (Å²) in [5.74, 6) is -0.223. The van der Waals surface area contributed by atoms with Crippen molar-refractivity contribution in [3.8, 4) is 0 Å². The molecular formula is C20H22ClN5O5. The molecule has 1 aliphatic rings. The summed E-state index contributed by atoms with van der Waals surface area (Å²) < 4.78 is 0. The molecule has 0 aliphatic carbocycles. The molecule has 0 saturated carbocycles. The molecule has 31 heavy (non-hydrogen) atoms. The van der Waals surface area contributed by atoms with Crippen LogP contribution < -0.4 is 10.2 Å². The Labute approximate surface area is 183 Å². The van der Waals surface area contributed by atoms with Gasteiger partial charge < -0.3 is 10.2 Å². The average Bonchev–Trinajstić information content (AvgIpc) is 2.74. The highest BCUT2D eigenvalue weighted by molar-refractivity contribution is 6.30. The number of amides is 1. The molecular weight excluding hydrogens is 426 g/mol. The molecule has 0 bridgehead atoms. The first kappa shape index (κ1) is 22.4. The topological polar surface area (TPSA) is 122 Å². The van der Waals surface area contributed by atoms with Crippen LogP contribution in [0.1, 0.15) is 12.0 Å². The third kappa shape index (κ3) is 5.47. The van der Waals surface area contributed by atoms with Gasteiger partial charge in [-0.1, -0.05) is 17.7 Å². The minimum atomic E-state index is -0.477. The fourth-order valence-electron chi connectivity index (χ4n) is 3.55. The van der Waals surface area contributed by atoms with Crippen molar-refractivity contribution in [2.75, 3.05) is 42.9 Å². The van der Waals surface area contributed by atoms with Gasteiger partial charge in [-0.3, -0.25) is 29.9 Å². The highest BCUT2D eigenvalue weighted by Gasteiger charge is 2.24. The largest absolute Gasteiger partial charge is 0.363 e. The van der Waals surface area contributed by atoms with Crippen LogP contribution in [0.15, 0.2) is 36.4 Å². The number of anilines is 2. The van der Waals surface area contributed by atoms with Gasteiger partial charge in [0.25, 0.3) is 11.4 Å². The fraction of sp³-hybridized carbons (Fsp3) is 0.350. The molecule has 164 valence electrons. The van der Waals surface area contributed by atoms with Gasteiger partial charge in [0.1, 0.15) is 5.69 Å². The van der Waals surface area contributed by atoms with Crippen molar-refractivity contribution in [1.82, 2.24) is 4.90 Å². The number of hydrogen-bond donors (Lipinski definition) is 1. The number of halogens is 1. The summed E-state index contributed by atoms with van der Waals surface area (Å²) in [6.45, 7) is 4.62. The maximum Gasteiger partial charge on any atom is 0.294 e. The highest BCUT2D eigenvalue weighted by atomic mass is 35.5. The fourth-order valence-corrected chi connectivity index (χ4v) is 3.72. The van der Waals surface area contributed by atoms with Crippen LogP contribution in [0.2, 0.25) is 5.02 Å². The quantitative estimate of drug-likeness (QED) is 0.508. The lowest BCUT2D eigenvalue weighted by Crippen LogP contribution is -2.47. The maximum atomic E-state index is 12.3. The number of hydrogen-bond acceptors (Lipinski definition) is 7. The maximum absolute atomic E-state index is 12.3. The summed E-state index contributed by atoms with van der Waals surface area (Å²) in [5.41, 5.74) is 1.32. The number of piperazine rings is 1. The van der Waals surface area contributed by atoms with Gasteiger partial charge in [0.2, 0.25) is 5.91 Å². The number of rotatable bonds is 7. The molecule has 1 heterocycles. The summed E-state index contributed by atoms with van der Waals surface area (Å²) in [5, 5.41) is 25.4. The van der Waals surface area contributed by atoms with Crippen LogP contribution in [-0.2, 0) is 4.79 Å². The van der Waals surface area contributed by atoms with Crippen molar-refractivity contribution >= 4 is 40.3 Å². The van der Waals surface area contributed by atoms with E-state index in [-0.39, 0.29) is 23.7 Å². The molecule has 1 N–H and O–H groups in total. The Morgan fingerprint density at radius 3 is 2.39 bits per heavy atom. The third-order valence-electron chi connectivity index (χ3n) is 5.28. The highest BCUT2D eigenvalue weighted by Crippen LogP contribution is 2.31. The molecule has 2 aromatic rings. The lowest BCUT2D eigenvalue weighted by molar-refractivity contribution is -0.385. The van der Waals surface area contributed by atoms with Crippen LogP contribution in [-0.4, -0.2) is 53.4 Å². The molecule has 10 nitrogen and oxygen atoms in total. The molecule has 0 atom stereocenters. The molecule has 0 unspecified atom stereocenters. The number of carbonyl (C=O) groups is 1. The van der Waals surface area contributed by atoms with Gasteiger partial charge in [0.05, 0.1) is 21.1 Å². The van der Waals surface area contributed by atoms with Crippen LogP contribution in [0.5, 0.6) is 0 Å². The Balaban J connectivity index is 1.52. The molecule has 1 amide bonds. The van der Waals surface area contributed by atoms with Crippen LogP contribution >= 0.6 is 11.6 Å². The number of nitro benzene ring substituents is 2. The van der Waals surface area contributed by atoms with Crippen LogP contribution in [0.3, 0.4) is 0 Å². The SMILES string of the molecule is Cc1c(NC(=O)CCN2CCN(c3ccc(Cl)cc3[N+](=O)[O-])CC2)cccc1[N+](=O)[O-]. The van der Waals surface area contributed by atoms with Crippen molar-refractivity contribution in [2.24, 2.45) is 0 Å². The molecule has 3 rings (SSSR count). The first-order valence-corrected chi connectivity index (χ1v) is 10.1. The molecule has 0 radical (unpaired) electrons. The van der Waals surface area contributed by atoms with Gasteiger partial charge in [-0.2, -0.15) is 0 Å². The Hall–Kier alpha value is -3.24. The van der Waals surface area contributed by atoms with Crippen molar-refractivity contribution in [2.45, 2.75) is 13.3 Å². The van der Waals surface area contributed by atoms with Gasteiger partial charge in [0.15, 0.2) is 0 Å². The minimum absolute atomic E-state index is 0.0207. The lowest BCUT2D eigenvalue weighted by Gasteiger charge is -2.35. The van der Waals surface area contributed by atoms with Crippen LogP contribution in [0.25, 0.3) is 0 Å². The second kappa shape index (κ2) is 9.71. The van der Waals surface area contributed by atoms with Crippen molar-refractivity contribution < 1.29 is 14.6 Å². The molecule has 11 heteroatoms. The Morgan fingerprint density at radius 2 is 1.74 bits per heavy atom. The standard InChI is InChI=1S/C20H22ClN5O5/c1-14-16(3-2-4-17(14)25(28)29)22-20(27)7-8-23-9-11-24(12-10-23)18-6-5-15(21)13-19(18)26(30)31/h2-6,13H,7-12H2,1H3,(H,22,27). The number of nitro groups is 2. The summed E-state index contributed by atoms with van der Waals surface area (Å²) >= 11 is 5.88. The van der Waals surface area contributed by atoms with E-state index in [4.69, 9.17) is 11.6 Å². The van der Waals surface area contributed by atoms with Crippen molar-refractivity contribution in [1.29, 1.82) is 0 Å². The van der Waals surface area contributed by atoms with Gasteiger partial charge in [-0.25, -0.2) is 0 Å². The molecule has 2 aromatic carbocycles. The molecule has 0 aromatic heterocycles. The summed E-state index contributed by atoms with van der Waals surface area (Å²) in [4.78, 5) is 37.8. The lowest BCUT2D eigenvalue weighted by atomic mass is 10.1. The molecule has 1 fully saturated rings. The smallest absolute Gasteiger partial charge is 0.294 e. The summed E-state index contributed by atoms with van der Waals surface area (Å²) in [7, 11) is 0. The van der Waals surface area contributed by atoms with E-state index in [1.807, 2.05) is 4.90 Å². The number of benzene rings is 2. The zero-order valence-electron chi connectivity index (χ0n) is 16.9. The minimum Gasteiger partial charge on any atom is -0.363 e. The number of carbonyl (C=O) groups excluding carboxylic acids is 1. The average molecular weight is 448 g/mol. The Morgan fingerprint density at radius 1 is 1.06 bits per heavy atom.